The molecule has 9 heteroatoms. The summed E-state index contributed by atoms with van der Waals surface area (Å²) in [5.41, 5.74) is 5.71. The zero-order valence-corrected chi connectivity index (χ0v) is 17.6. The Morgan fingerprint density at radius 3 is 2.31 bits per heavy atom. The average Bonchev–Trinajstić information content (AvgIpc) is 3.01. The number of benzene rings is 2. The first-order valence-corrected chi connectivity index (χ1v) is 9.64. The number of hydrogen-bond donors (Lipinski definition) is 2. The third kappa shape index (κ3) is 5.23. The summed E-state index contributed by atoms with van der Waals surface area (Å²) < 4.78 is 40.3. The van der Waals surface area contributed by atoms with Gasteiger partial charge in [-0.25, -0.2) is 5.43 Å². The first-order chi connectivity index (χ1) is 15.1. The Balaban J connectivity index is 1.66. The van der Waals surface area contributed by atoms with Gasteiger partial charge in [-0.3, -0.25) is 9.59 Å². The molecule has 3 aromatic rings. The quantitative estimate of drug-likeness (QED) is 0.354. The molecule has 0 aliphatic heterocycles. The Morgan fingerprint density at radius 2 is 1.66 bits per heavy atom. The summed E-state index contributed by atoms with van der Waals surface area (Å²) in [4.78, 5) is 23.9. The minimum absolute atomic E-state index is 0.148. The molecule has 0 aliphatic rings. The maximum atomic E-state index is 12.8. The van der Waals surface area contributed by atoms with Crippen LogP contribution in [-0.4, -0.2) is 22.6 Å². The molecule has 32 heavy (non-hydrogen) atoms. The van der Waals surface area contributed by atoms with Crippen LogP contribution in [0.15, 0.2) is 59.7 Å². The van der Waals surface area contributed by atoms with E-state index in [2.05, 4.69) is 15.8 Å². The van der Waals surface area contributed by atoms with Crippen molar-refractivity contribution in [1.82, 2.24) is 9.99 Å². The van der Waals surface area contributed by atoms with E-state index in [0.29, 0.717) is 0 Å². The number of carbonyl (C=O) groups is 2. The van der Waals surface area contributed by atoms with Crippen LogP contribution in [0.5, 0.6) is 0 Å². The van der Waals surface area contributed by atoms with E-state index in [1.54, 1.807) is 0 Å². The highest BCUT2D eigenvalue weighted by molar-refractivity contribution is 6.39. The summed E-state index contributed by atoms with van der Waals surface area (Å²) in [7, 11) is 0. The fourth-order valence-corrected chi connectivity index (χ4v) is 3.18. The number of anilines is 1. The van der Waals surface area contributed by atoms with Gasteiger partial charge in [-0.05, 0) is 57.2 Å². The summed E-state index contributed by atoms with van der Waals surface area (Å²) >= 11 is 0. The number of amides is 2. The summed E-state index contributed by atoms with van der Waals surface area (Å²) in [5.74, 6) is -2.24. The molecule has 0 fully saturated rings. The van der Waals surface area contributed by atoms with Crippen LogP contribution >= 0.6 is 0 Å². The van der Waals surface area contributed by atoms with E-state index < -0.39 is 23.6 Å². The summed E-state index contributed by atoms with van der Waals surface area (Å²) in [6, 6.07) is 13.9. The van der Waals surface area contributed by atoms with Gasteiger partial charge in [-0.2, -0.15) is 18.3 Å². The van der Waals surface area contributed by atoms with E-state index >= 15 is 0 Å². The monoisotopic (exact) mass is 442 g/mol. The number of nitrogens with one attached hydrogen (secondary N) is 2. The van der Waals surface area contributed by atoms with Crippen molar-refractivity contribution < 1.29 is 22.8 Å². The molecule has 0 bridgehead atoms. The van der Waals surface area contributed by atoms with E-state index in [-0.39, 0.29) is 5.69 Å². The van der Waals surface area contributed by atoms with E-state index in [9.17, 15) is 22.8 Å². The molecule has 2 amide bonds. The molecule has 0 radical (unpaired) electrons. The predicted octanol–water partition coefficient (Wildman–Crippen LogP) is 4.51. The number of rotatable bonds is 4. The Labute approximate surface area is 182 Å². The lowest BCUT2D eigenvalue weighted by atomic mass is 10.2. The van der Waals surface area contributed by atoms with Gasteiger partial charge in [0.25, 0.3) is 0 Å². The molecule has 0 saturated carbocycles. The van der Waals surface area contributed by atoms with Gasteiger partial charge in [0, 0.05) is 28.3 Å². The Morgan fingerprint density at radius 1 is 0.969 bits per heavy atom. The number of alkyl halides is 3. The van der Waals surface area contributed by atoms with Crippen molar-refractivity contribution in [1.29, 1.82) is 0 Å². The van der Waals surface area contributed by atoms with Crippen LogP contribution in [0, 0.1) is 20.8 Å². The number of carbonyl (C=O) groups excluding carboxylic acids is 2. The molecule has 2 N–H and O–H groups in total. The molecule has 6 nitrogen and oxygen atoms in total. The topological polar surface area (TPSA) is 75.5 Å². The number of hydrazone groups is 1. The molecule has 166 valence electrons. The van der Waals surface area contributed by atoms with E-state index in [0.717, 1.165) is 46.4 Å². The Kier molecular flexibility index (Phi) is 6.47. The number of aryl methyl sites for hydroxylation is 2. The molecular formula is C23H21F3N4O2. The van der Waals surface area contributed by atoms with Crippen LogP contribution in [0.25, 0.3) is 5.69 Å². The van der Waals surface area contributed by atoms with Gasteiger partial charge in [0.15, 0.2) is 0 Å². The largest absolute Gasteiger partial charge is 0.416 e. The molecule has 1 aromatic heterocycles. The summed E-state index contributed by atoms with van der Waals surface area (Å²) in [5, 5.41) is 5.93. The number of hydrogen-bond acceptors (Lipinski definition) is 3. The lowest BCUT2D eigenvalue weighted by molar-refractivity contribution is -0.137. The van der Waals surface area contributed by atoms with Gasteiger partial charge in [-0.15, -0.1) is 0 Å². The van der Waals surface area contributed by atoms with Crippen LogP contribution in [0.3, 0.4) is 0 Å². The van der Waals surface area contributed by atoms with Crippen LogP contribution < -0.4 is 10.7 Å². The van der Waals surface area contributed by atoms with E-state index in [4.69, 9.17) is 0 Å². The third-order valence-electron chi connectivity index (χ3n) is 4.79. The zero-order chi connectivity index (χ0) is 23.5. The average molecular weight is 442 g/mol. The number of halogens is 3. The van der Waals surface area contributed by atoms with Crippen molar-refractivity contribution >= 4 is 23.7 Å². The van der Waals surface area contributed by atoms with E-state index in [1.165, 1.54) is 12.3 Å². The lowest BCUT2D eigenvalue weighted by Gasteiger charge is -2.10. The number of nitrogens with zero attached hydrogens (tertiary/aromatic N) is 2. The van der Waals surface area contributed by atoms with Crippen molar-refractivity contribution in [3.05, 3.63) is 82.7 Å². The number of aromatic nitrogens is 1. The maximum Gasteiger partial charge on any atom is 0.416 e. The summed E-state index contributed by atoms with van der Waals surface area (Å²) in [6.07, 6.45) is -3.15. The third-order valence-corrected chi connectivity index (χ3v) is 4.79. The fraction of sp³-hybridized carbons (Fsp3) is 0.174. The minimum Gasteiger partial charge on any atom is -0.318 e. The minimum atomic E-state index is -4.56. The SMILES string of the molecule is Cc1ccc(-n2c(C)cc(C=NNC(=O)C(=O)Nc3cccc(C(F)(F)F)c3)c2C)cc1. The van der Waals surface area contributed by atoms with Crippen molar-refractivity contribution in [3.63, 3.8) is 0 Å². The van der Waals surface area contributed by atoms with Crippen LogP contribution in [0.4, 0.5) is 18.9 Å². The van der Waals surface area contributed by atoms with Gasteiger partial charge in [0.05, 0.1) is 11.8 Å². The Bertz CT molecular complexity index is 1180. The highest BCUT2D eigenvalue weighted by Crippen LogP contribution is 2.30. The van der Waals surface area contributed by atoms with Gasteiger partial charge in [0.2, 0.25) is 0 Å². The second kappa shape index (κ2) is 9.09. The molecule has 0 saturated heterocycles. The van der Waals surface area contributed by atoms with Crippen molar-refractivity contribution in [3.8, 4) is 5.69 Å². The van der Waals surface area contributed by atoms with Gasteiger partial charge in [-0.1, -0.05) is 23.8 Å². The molecule has 1 heterocycles. The van der Waals surface area contributed by atoms with Gasteiger partial charge < -0.3 is 9.88 Å². The van der Waals surface area contributed by atoms with Crippen LogP contribution in [0.2, 0.25) is 0 Å². The van der Waals surface area contributed by atoms with Gasteiger partial charge >= 0.3 is 18.0 Å². The van der Waals surface area contributed by atoms with Crippen molar-refractivity contribution in [2.45, 2.75) is 26.9 Å². The van der Waals surface area contributed by atoms with Crippen LogP contribution in [0.1, 0.15) is 28.1 Å². The lowest BCUT2D eigenvalue weighted by Crippen LogP contribution is -2.32. The highest BCUT2D eigenvalue weighted by Gasteiger charge is 2.30. The fourth-order valence-electron chi connectivity index (χ4n) is 3.18. The smallest absolute Gasteiger partial charge is 0.318 e. The standard InChI is InChI=1S/C23H21F3N4O2/c1-14-7-9-20(10-8-14)30-15(2)11-17(16(30)3)13-27-29-22(32)21(31)28-19-6-4-5-18(12-19)23(24,25)26/h4-13H,1-3H3,(H,28,31)(H,29,32). The molecule has 0 atom stereocenters. The second-order valence-electron chi connectivity index (χ2n) is 7.23. The van der Waals surface area contributed by atoms with Crippen molar-refractivity contribution in [2.24, 2.45) is 5.10 Å². The first kappa shape index (κ1) is 22.8. The predicted molar refractivity (Wildman–Crippen MR) is 116 cm³/mol. The van der Waals surface area contributed by atoms with Gasteiger partial charge in [0.1, 0.15) is 0 Å². The molecule has 3 rings (SSSR count). The van der Waals surface area contributed by atoms with Crippen molar-refractivity contribution in [2.75, 3.05) is 5.32 Å². The highest BCUT2D eigenvalue weighted by atomic mass is 19.4. The first-order valence-electron chi connectivity index (χ1n) is 9.64. The zero-order valence-electron chi connectivity index (χ0n) is 17.6. The molecule has 2 aromatic carbocycles. The van der Waals surface area contributed by atoms with Crippen LogP contribution in [-0.2, 0) is 15.8 Å². The molecule has 0 unspecified atom stereocenters. The van der Waals surface area contributed by atoms with E-state index in [1.807, 2.05) is 55.7 Å². The Hall–Kier alpha value is -3.88. The molecule has 0 spiro atoms. The maximum absolute atomic E-state index is 12.8. The summed E-state index contributed by atoms with van der Waals surface area (Å²) in [6.45, 7) is 5.84. The molecular weight excluding hydrogens is 421 g/mol. The second-order valence-corrected chi connectivity index (χ2v) is 7.23. The molecule has 0 aliphatic carbocycles. The normalized spacial score (nSPS) is 11.6.